The van der Waals surface area contributed by atoms with E-state index in [2.05, 4.69) is 15.3 Å². The van der Waals surface area contributed by atoms with Crippen LogP contribution < -0.4 is 5.32 Å². The van der Waals surface area contributed by atoms with E-state index < -0.39 is 5.97 Å². The fourth-order valence-electron chi connectivity index (χ4n) is 2.46. The summed E-state index contributed by atoms with van der Waals surface area (Å²) in [5.41, 5.74) is 0.667. The first kappa shape index (κ1) is 15.6. The van der Waals surface area contributed by atoms with Crippen molar-refractivity contribution in [3.63, 3.8) is 0 Å². The lowest BCUT2D eigenvalue weighted by Crippen LogP contribution is -2.30. The number of hydrogen-bond donors (Lipinski definition) is 2. The number of amides is 1. The average molecular weight is 331 g/mol. The summed E-state index contributed by atoms with van der Waals surface area (Å²) in [4.78, 5) is 33.1. The molecule has 1 aliphatic rings. The van der Waals surface area contributed by atoms with Gasteiger partial charge in [-0.2, -0.15) is 0 Å². The zero-order chi connectivity index (χ0) is 16.6. The van der Waals surface area contributed by atoms with Gasteiger partial charge in [0.05, 0.1) is 17.3 Å². The van der Waals surface area contributed by atoms with Gasteiger partial charge in [-0.25, -0.2) is 14.8 Å². The SMILES string of the molecule is Cc1cnc(C(NC(=O)c2ccc(C(=O)O)c(C)n2)C2CC2)s1. The number of thiazole rings is 1. The van der Waals surface area contributed by atoms with Gasteiger partial charge in [-0.05, 0) is 44.7 Å². The highest BCUT2D eigenvalue weighted by molar-refractivity contribution is 7.11. The lowest BCUT2D eigenvalue weighted by atomic mass is 10.1. The number of pyridine rings is 1. The Balaban J connectivity index is 1.79. The van der Waals surface area contributed by atoms with E-state index in [1.54, 1.807) is 18.3 Å². The number of carboxylic acid groups (broad SMARTS) is 1. The second-order valence-electron chi connectivity index (χ2n) is 5.73. The molecular weight excluding hydrogens is 314 g/mol. The van der Waals surface area contributed by atoms with Crippen LogP contribution in [0.15, 0.2) is 18.3 Å². The van der Waals surface area contributed by atoms with Crippen LogP contribution in [-0.2, 0) is 0 Å². The molecule has 2 heterocycles. The number of nitrogens with zero attached hydrogens (tertiary/aromatic N) is 2. The van der Waals surface area contributed by atoms with Gasteiger partial charge in [-0.1, -0.05) is 0 Å². The minimum atomic E-state index is -1.05. The summed E-state index contributed by atoms with van der Waals surface area (Å²) < 4.78 is 0. The van der Waals surface area contributed by atoms with Crippen LogP contribution in [0.2, 0.25) is 0 Å². The molecule has 120 valence electrons. The predicted molar refractivity (Wildman–Crippen MR) is 85.7 cm³/mol. The van der Waals surface area contributed by atoms with E-state index in [1.807, 2.05) is 13.1 Å². The molecule has 0 spiro atoms. The number of carboxylic acids is 1. The molecule has 1 fully saturated rings. The van der Waals surface area contributed by atoms with E-state index in [0.29, 0.717) is 11.6 Å². The molecule has 0 aliphatic heterocycles. The van der Waals surface area contributed by atoms with Crippen molar-refractivity contribution in [2.45, 2.75) is 32.7 Å². The number of aromatic nitrogens is 2. The largest absolute Gasteiger partial charge is 0.478 e. The third kappa shape index (κ3) is 3.39. The number of carbonyl (C=O) groups excluding carboxylic acids is 1. The standard InChI is InChI=1S/C16H17N3O3S/c1-8-7-17-15(23-8)13(10-3-4-10)19-14(20)12-6-5-11(16(21)22)9(2)18-12/h5-7,10,13H,3-4H2,1-2H3,(H,19,20)(H,21,22). The van der Waals surface area contributed by atoms with Crippen LogP contribution in [0.3, 0.4) is 0 Å². The van der Waals surface area contributed by atoms with Crippen molar-refractivity contribution in [2.24, 2.45) is 5.92 Å². The highest BCUT2D eigenvalue weighted by Gasteiger charge is 2.35. The molecule has 6 nitrogen and oxygen atoms in total. The molecule has 2 aromatic rings. The Bertz CT molecular complexity index is 768. The molecule has 1 atom stereocenters. The Morgan fingerprint density at radius 2 is 2.09 bits per heavy atom. The summed E-state index contributed by atoms with van der Waals surface area (Å²) in [5, 5.41) is 12.9. The van der Waals surface area contributed by atoms with Gasteiger partial charge in [0.1, 0.15) is 10.7 Å². The number of nitrogens with one attached hydrogen (secondary N) is 1. The van der Waals surface area contributed by atoms with Crippen molar-refractivity contribution >= 4 is 23.2 Å². The van der Waals surface area contributed by atoms with E-state index in [-0.39, 0.29) is 23.2 Å². The van der Waals surface area contributed by atoms with Crippen LogP contribution >= 0.6 is 11.3 Å². The van der Waals surface area contributed by atoms with Crippen molar-refractivity contribution in [1.82, 2.24) is 15.3 Å². The maximum atomic E-state index is 12.5. The molecule has 1 saturated carbocycles. The Hall–Kier alpha value is -2.28. The summed E-state index contributed by atoms with van der Waals surface area (Å²) >= 11 is 1.59. The zero-order valence-corrected chi connectivity index (χ0v) is 13.7. The van der Waals surface area contributed by atoms with Crippen LogP contribution in [0.25, 0.3) is 0 Å². The first-order chi connectivity index (χ1) is 11.0. The van der Waals surface area contributed by atoms with Crippen LogP contribution in [0, 0.1) is 19.8 Å². The fourth-order valence-corrected chi connectivity index (χ4v) is 3.37. The number of rotatable bonds is 5. The van der Waals surface area contributed by atoms with Gasteiger partial charge in [0.15, 0.2) is 0 Å². The normalized spacial score (nSPS) is 15.2. The minimum absolute atomic E-state index is 0.0949. The van der Waals surface area contributed by atoms with E-state index >= 15 is 0 Å². The van der Waals surface area contributed by atoms with Crippen molar-refractivity contribution in [3.8, 4) is 0 Å². The van der Waals surface area contributed by atoms with Crippen molar-refractivity contribution in [3.05, 3.63) is 45.2 Å². The Labute approximate surface area is 137 Å². The van der Waals surface area contributed by atoms with Crippen molar-refractivity contribution in [1.29, 1.82) is 0 Å². The number of aromatic carboxylic acids is 1. The molecule has 1 aliphatic carbocycles. The molecule has 0 aromatic carbocycles. The topological polar surface area (TPSA) is 92.2 Å². The Morgan fingerprint density at radius 1 is 1.35 bits per heavy atom. The first-order valence-electron chi connectivity index (χ1n) is 7.40. The Kier molecular flexibility index (Phi) is 4.12. The summed E-state index contributed by atoms with van der Waals surface area (Å²) in [6.45, 7) is 3.57. The lowest BCUT2D eigenvalue weighted by Gasteiger charge is -2.15. The zero-order valence-electron chi connectivity index (χ0n) is 12.9. The lowest BCUT2D eigenvalue weighted by molar-refractivity contribution is 0.0694. The minimum Gasteiger partial charge on any atom is -0.478 e. The summed E-state index contributed by atoms with van der Waals surface area (Å²) in [7, 11) is 0. The Morgan fingerprint density at radius 3 is 2.61 bits per heavy atom. The average Bonchev–Trinajstić information content (AvgIpc) is 3.25. The highest BCUT2D eigenvalue weighted by Crippen LogP contribution is 2.42. The number of carbonyl (C=O) groups is 2. The summed E-state index contributed by atoms with van der Waals surface area (Å²) in [6, 6.07) is 2.77. The van der Waals surface area contributed by atoms with E-state index in [1.165, 1.54) is 12.1 Å². The predicted octanol–water partition coefficient (Wildman–Crippen LogP) is 2.73. The maximum absolute atomic E-state index is 12.5. The molecule has 3 rings (SSSR count). The second kappa shape index (κ2) is 6.08. The molecule has 0 radical (unpaired) electrons. The van der Waals surface area contributed by atoms with Gasteiger partial charge in [-0.15, -0.1) is 11.3 Å². The van der Waals surface area contributed by atoms with Gasteiger partial charge >= 0.3 is 5.97 Å². The second-order valence-corrected chi connectivity index (χ2v) is 7.00. The van der Waals surface area contributed by atoms with Crippen LogP contribution in [0.1, 0.15) is 55.3 Å². The first-order valence-corrected chi connectivity index (χ1v) is 8.21. The molecule has 0 saturated heterocycles. The van der Waals surface area contributed by atoms with Crippen LogP contribution in [0.5, 0.6) is 0 Å². The van der Waals surface area contributed by atoms with E-state index in [9.17, 15) is 9.59 Å². The van der Waals surface area contributed by atoms with Gasteiger partial charge in [0, 0.05) is 11.1 Å². The van der Waals surface area contributed by atoms with Crippen LogP contribution in [-0.4, -0.2) is 27.0 Å². The smallest absolute Gasteiger partial charge is 0.337 e. The van der Waals surface area contributed by atoms with Gasteiger partial charge in [0.2, 0.25) is 0 Å². The van der Waals surface area contributed by atoms with Gasteiger partial charge < -0.3 is 10.4 Å². The summed E-state index contributed by atoms with van der Waals surface area (Å²) in [6.07, 6.45) is 3.97. The maximum Gasteiger partial charge on any atom is 0.337 e. The third-order valence-corrected chi connectivity index (χ3v) is 4.83. The molecule has 2 N–H and O–H groups in total. The number of hydrogen-bond acceptors (Lipinski definition) is 5. The van der Waals surface area contributed by atoms with Crippen molar-refractivity contribution < 1.29 is 14.7 Å². The third-order valence-electron chi connectivity index (χ3n) is 3.83. The molecular formula is C16H17N3O3S. The molecule has 2 aromatic heterocycles. The molecule has 0 bridgehead atoms. The summed E-state index contributed by atoms with van der Waals surface area (Å²) in [5.74, 6) is -0.922. The van der Waals surface area contributed by atoms with Gasteiger partial charge in [0.25, 0.3) is 5.91 Å². The van der Waals surface area contributed by atoms with Gasteiger partial charge in [-0.3, -0.25) is 4.79 Å². The fraction of sp³-hybridized carbons (Fsp3) is 0.375. The monoisotopic (exact) mass is 331 g/mol. The van der Waals surface area contributed by atoms with E-state index in [0.717, 1.165) is 22.7 Å². The quantitative estimate of drug-likeness (QED) is 0.879. The van der Waals surface area contributed by atoms with Crippen molar-refractivity contribution in [2.75, 3.05) is 0 Å². The highest BCUT2D eigenvalue weighted by atomic mass is 32.1. The molecule has 1 amide bonds. The number of aryl methyl sites for hydroxylation is 2. The molecule has 7 heteroatoms. The molecule has 23 heavy (non-hydrogen) atoms. The van der Waals surface area contributed by atoms with E-state index in [4.69, 9.17) is 5.11 Å². The molecule has 1 unspecified atom stereocenters. The van der Waals surface area contributed by atoms with Crippen LogP contribution in [0.4, 0.5) is 0 Å².